The molecule has 32 heavy (non-hydrogen) atoms. The zero-order valence-corrected chi connectivity index (χ0v) is 17.4. The summed E-state index contributed by atoms with van der Waals surface area (Å²) in [6.07, 6.45) is 0. The molecule has 0 aliphatic rings. The quantitative estimate of drug-likeness (QED) is 0.151. The van der Waals surface area contributed by atoms with Gasteiger partial charge in [-0.3, -0.25) is 10.1 Å². The molecule has 0 saturated carbocycles. The van der Waals surface area contributed by atoms with Gasteiger partial charge in [0.15, 0.2) is 0 Å². The van der Waals surface area contributed by atoms with E-state index >= 15 is 0 Å². The van der Waals surface area contributed by atoms with Crippen molar-refractivity contribution in [3.8, 4) is 0 Å². The Morgan fingerprint density at radius 1 is 0.688 bits per heavy atom. The Hall–Kier alpha value is -4.52. The van der Waals surface area contributed by atoms with Crippen LogP contribution in [0.1, 0.15) is 5.56 Å². The normalized spacial score (nSPS) is 10.9. The van der Waals surface area contributed by atoms with Crippen LogP contribution in [0.4, 0.5) is 39.8 Å². The van der Waals surface area contributed by atoms with Crippen LogP contribution < -0.4 is 10.6 Å². The van der Waals surface area contributed by atoms with E-state index in [1.165, 1.54) is 17.7 Å². The molecule has 0 aromatic heterocycles. The molecule has 7 heteroatoms. The smallest absolute Gasteiger partial charge is 0.269 e. The molecule has 0 bridgehead atoms. The van der Waals surface area contributed by atoms with Gasteiger partial charge in [-0.15, -0.1) is 0 Å². The Bertz CT molecular complexity index is 1190. The van der Waals surface area contributed by atoms with E-state index in [1.54, 1.807) is 12.1 Å². The average Bonchev–Trinajstić information content (AvgIpc) is 2.81. The minimum absolute atomic E-state index is 0.0205. The SMILES string of the molecule is Cc1ccc(N(c2ccc(N)cc2)c2ccc(/N=N/c3ccc([N+](=O)[O-])cc3)cc2)cc1. The number of anilines is 4. The first kappa shape index (κ1) is 20.7. The zero-order chi connectivity index (χ0) is 22.5. The molecule has 0 amide bonds. The highest BCUT2D eigenvalue weighted by molar-refractivity contribution is 5.77. The molecule has 158 valence electrons. The highest BCUT2D eigenvalue weighted by Gasteiger charge is 2.12. The minimum atomic E-state index is -0.444. The molecule has 0 aliphatic carbocycles. The summed E-state index contributed by atoms with van der Waals surface area (Å²) in [6, 6.07) is 29.7. The van der Waals surface area contributed by atoms with Crippen molar-refractivity contribution in [3.63, 3.8) is 0 Å². The van der Waals surface area contributed by atoms with E-state index < -0.39 is 4.92 Å². The summed E-state index contributed by atoms with van der Waals surface area (Å²) >= 11 is 0. The highest BCUT2D eigenvalue weighted by atomic mass is 16.6. The number of nitro groups is 1. The third kappa shape index (κ3) is 4.79. The molecule has 7 nitrogen and oxygen atoms in total. The predicted octanol–water partition coefficient (Wildman–Crippen LogP) is 7.37. The maximum atomic E-state index is 10.8. The first-order valence-electron chi connectivity index (χ1n) is 9.98. The van der Waals surface area contributed by atoms with E-state index in [-0.39, 0.29) is 5.69 Å². The molecule has 4 rings (SSSR count). The van der Waals surface area contributed by atoms with Crippen LogP contribution in [0, 0.1) is 17.0 Å². The number of aryl methyl sites for hydroxylation is 1. The fraction of sp³-hybridized carbons (Fsp3) is 0.0400. The van der Waals surface area contributed by atoms with Crippen molar-refractivity contribution in [1.29, 1.82) is 0 Å². The molecule has 0 radical (unpaired) electrons. The topological polar surface area (TPSA) is 97.1 Å². The van der Waals surface area contributed by atoms with Crippen LogP contribution >= 0.6 is 0 Å². The van der Waals surface area contributed by atoms with Crippen LogP contribution in [0.2, 0.25) is 0 Å². The molecule has 2 N–H and O–H groups in total. The second-order valence-corrected chi connectivity index (χ2v) is 7.25. The summed E-state index contributed by atoms with van der Waals surface area (Å²) in [5.74, 6) is 0. The number of nitrogen functional groups attached to an aromatic ring is 1. The van der Waals surface area contributed by atoms with Crippen LogP contribution in [0.25, 0.3) is 0 Å². The lowest BCUT2D eigenvalue weighted by molar-refractivity contribution is -0.384. The van der Waals surface area contributed by atoms with E-state index in [0.29, 0.717) is 17.1 Å². The second kappa shape index (κ2) is 9.09. The summed E-state index contributed by atoms with van der Waals surface area (Å²) in [6.45, 7) is 2.06. The van der Waals surface area contributed by atoms with Gasteiger partial charge in [-0.2, -0.15) is 10.2 Å². The molecule has 0 unspecified atom stereocenters. The van der Waals surface area contributed by atoms with Crippen molar-refractivity contribution in [3.05, 3.63) is 113 Å². The Labute approximate surface area is 185 Å². The minimum Gasteiger partial charge on any atom is -0.399 e. The summed E-state index contributed by atoms with van der Waals surface area (Å²) in [5.41, 5.74) is 12.0. The van der Waals surface area contributed by atoms with E-state index in [2.05, 4.69) is 46.3 Å². The molecule has 0 spiro atoms. The van der Waals surface area contributed by atoms with Gasteiger partial charge in [0, 0.05) is 34.9 Å². The lowest BCUT2D eigenvalue weighted by atomic mass is 10.1. The Morgan fingerprint density at radius 3 is 1.56 bits per heavy atom. The van der Waals surface area contributed by atoms with Gasteiger partial charge in [0.05, 0.1) is 16.3 Å². The third-order valence-electron chi connectivity index (χ3n) is 4.89. The maximum Gasteiger partial charge on any atom is 0.269 e. The van der Waals surface area contributed by atoms with E-state index in [1.807, 2.05) is 48.5 Å². The fourth-order valence-electron chi connectivity index (χ4n) is 3.19. The average molecular weight is 423 g/mol. The molecule has 0 aliphatic heterocycles. The van der Waals surface area contributed by atoms with Gasteiger partial charge in [0.1, 0.15) is 0 Å². The Kier molecular flexibility index (Phi) is 5.89. The number of nitrogens with zero attached hydrogens (tertiary/aromatic N) is 4. The van der Waals surface area contributed by atoms with Crippen molar-refractivity contribution in [1.82, 2.24) is 0 Å². The standard InChI is InChI=1S/C25H21N5O2/c1-18-2-10-22(11-3-18)29(23-12-4-19(26)5-13-23)24-14-6-20(7-15-24)27-28-21-8-16-25(17-9-21)30(31)32/h2-17H,26H2,1H3/b28-27+. The van der Waals surface area contributed by atoms with Gasteiger partial charge >= 0.3 is 0 Å². The molecular weight excluding hydrogens is 402 g/mol. The number of nitro benzene ring substituents is 1. The third-order valence-corrected chi connectivity index (χ3v) is 4.89. The lowest BCUT2D eigenvalue weighted by Gasteiger charge is -2.25. The van der Waals surface area contributed by atoms with Gasteiger partial charge in [-0.25, -0.2) is 0 Å². The number of nitrogens with two attached hydrogens (primary N) is 1. The second-order valence-electron chi connectivity index (χ2n) is 7.25. The van der Waals surface area contributed by atoms with Crippen LogP contribution in [0.3, 0.4) is 0 Å². The monoisotopic (exact) mass is 423 g/mol. The number of azo groups is 1. The fourth-order valence-corrected chi connectivity index (χ4v) is 3.19. The van der Waals surface area contributed by atoms with Gasteiger partial charge in [-0.1, -0.05) is 17.7 Å². The Morgan fingerprint density at radius 2 is 1.09 bits per heavy atom. The molecule has 0 heterocycles. The number of benzene rings is 4. The van der Waals surface area contributed by atoms with E-state index in [9.17, 15) is 10.1 Å². The van der Waals surface area contributed by atoms with Crippen LogP contribution in [0.15, 0.2) is 107 Å². The lowest BCUT2D eigenvalue weighted by Crippen LogP contribution is -2.09. The number of hydrogen-bond donors (Lipinski definition) is 1. The largest absolute Gasteiger partial charge is 0.399 e. The molecule has 0 saturated heterocycles. The van der Waals surface area contributed by atoms with Crippen molar-refractivity contribution in [2.24, 2.45) is 10.2 Å². The van der Waals surface area contributed by atoms with Gasteiger partial charge in [-0.05, 0) is 79.7 Å². The molecular formula is C25H21N5O2. The number of rotatable bonds is 6. The summed E-state index contributed by atoms with van der Waals surface area (Å²) in [5, 5.41) is 19.2. The zero-order valence-electron chi connectivity index (χ0n) is 17.4. The number of hydrogen-bond acceptors (Lipinski definition) is 6. The predicted molar refractivity (Wildman–Crippen MR) is 128 cm³/mol. The van der Waals surface area contributed by atoms with Gasteiger partial charge in [0.2, 0.25) is 0 Å². The van der Waals surface area contributed by atoms with Gasteiger partial charge < -0.3 is 10.6 Å². The van der Waals surface area contributed by atoms with Crippen molar-refractivity contribution < 1.29 is 4.92 Å². The summed E-state index contributed by atoms with van der Waals surface area (Å²) in [4.78, 5) is 12.4. The molecule has 4 aromatic carbocycles. The molecule has 4 aromatic rings. The van der Waals surface area contributed by atoms with Crippen LogP contribution in [-0.4, -0.2) is 4.92 Å². The molecule has 0 atom stereocenters. The maximum absolute atomic E-state index is 10.8. The van der Waals surface area contributed by atoms with Crippen molar-refractivity contribution in [2.75, 3.05) is 10.6 Å². The summed E-state index contributed by atoms with van der Waals surface area (Å²) < 4.78 is 0. The number of non-ortho nitro benzene ring substituents is 1. The first-order chi connectivity index (χ1) is 15.5. The van der Waals surface area contributed by atoms with Crippen molar-refractivity contribution in [2.45, 2.75) is 6.92 Å². The molecule has 0 fully saturated rings. The van der Waals surface area contributed by atoms with Gasteiger partial charge in [0.25, 0.3) is 5.69 Å². The van der Waals surface area contributed by atoms with E-state index in [0.717, 1.165) is 17.1 Å². The van der Waals surface area contributed by atoms with Crippen LogP contribution in [-0.2, 0) is 0 Å². The van der Waals surface area contributed by atoms with Crippen molar-refractivity contribution >= 4 is 39.8 Å². The first-order valence-corrected chi connectivity index (χ1v) is 9.98. The summed E-state index contributed by atoms with van der Waals surface area (Å²) in [7, 11) is 0. The highest BCUT2D eigenvalue weighted by Crippen LogP contribution is 2.36. The van der Waals surface area contributed by atoms with Crippen LogP contribution in [0.5, 0.6) is 0 Å². The van der Waals surface area contributed by atoms with E-state index in [4.69, 9.17) is 5.73 Å². The Balaban J connectivity index is 1.60.